The predicted octanol–water partition coefficient (Wildman–Crippen LogP) is 8.76. The molecule has 0 unspecified atom stereocenters. The van der Waals surface area contributed by atoms with E-state index in [1.165, 1.54) is 12.1 Å². The van der Waals surface area contributed by atoms with E-state index in [9.17, 15) is 4.39 Å². The molecule has 1 aliphatic rings. The van der Waals surface area contributed by atoms with E-state index in [0.29, 0.717) is 27.4 Å². The summed E-state index contributed by atoms with van der Waals surface area (Å²) < 4.78 is 15.8. The third-order valence-electron chi connectivity index (χ3n) is 6.26. The van der Waals surface area contributed by atoms with Gasteiger partial charge in [-0.15, -0.1) is 5.10 Å². The van der Waals surface area contributed by atoms with Crippen LogP contribution in [0.25, 0.3) is 5.69 Å². The maximum atomic E-state index is 13.8. The van der Waals surface area contributed by atoms with E-state index in [1.807, 2.05) is 36.5 Å². The van der Waals surface area contributed by atoms with Crippen LogP contribution in [0.5, 0.6) is 0 Å². The van der Waals surface area contributed by atoms with Crippen LogP contribution in [0.15, 0.2) is 87.5 Å². The first-order valence-corrected chi connectivity index (χ1v) is 13.5. The van der Waals surface area contributed by atoms with Crippen LogP contribution in [0.1, 0.15) is 36.2 Å². The van der Waals surface area contributed by atoms with Crippen LogP contribution in [0.4, 0.5) is 4.39 Å². The van der Waals surface area contributed by atoms with Crippen LogP contribution in [-0.4, -0.2) is 21.8 Å². The van der Waals surface area contributed by atoms with Gasteiger partial charge in [-0.3, -0.25) is 4.57 Å². The van der Waals surface area contributed by atoms with Gasteiger partial charge in [-0.05, 0) is 58.8 Å². The molecule has 5 rings (SSSR count). The Morgan fingerprint density at radius 2 is 1.73 bits per heavy atom. The van der Waals surface area contributed by atoms with Gasteiger partial charge in [0, 0.05) is 22.4 Å². The molecule has 2 heterocycles. The number of aromatic nitrogens is 2. The molecule has 3 aromatic carbocycles. The Labute approximate surface area is 233 Å². The number of rotatable bonds is 7. The average Bonchev–Trinajstić information content (AvgIpc) is 3.56. The zero-order valence-electron chi connectivity index (χ0n) is 19.9. The molecular formula is C27H21Cl3FN5S. The lowest BCUT2D eigenvalue weighted by Gasteiger charge is -2.28. The first kappa shape index (κ1) is 25.9. The number of thioether (sulfide) groups is 1. The van der Waals surface area contributed by atoms with Gasteiger partial charge in [-0.1, -0.05) is 78.6 Å². The summed E-state index contributed by atoms with van der Waals surface area (Å²) in [5, 5.41) is 14.0. The van der Waals surface area contributed by atoms with E-state index in [0.717, 1.165) is 38.9 Å². The molecule has 188 valence electrons. The molecule has 0 aliphatic carbocycles. The summed E-state index contributed by atoms with van der Waals surface area (Å²) in [4.78, 5) is 4.76. The summed E-state index contributed by atoms with van der Waals surface area (Å²) in [5.74, 6) is 0.331. The van der Waals surface area contributed by atoms with Gasteiger partial charge in [0.25, 0.3) is 0 Å². The Bertz CT molecular complexity index is 1530. The molecule has 0 bridgehead atoms. The number of hydrogen-bond acceptors (Lipinski definition) is 5. The van der Waals surface area contributed by atoms with Crippen LogP contribution in [0.2, 0.25) is 15.1 Å². The lowest BCUT2D eigenvalue weighted by molar-refractivity contribution is 0.591. The molecule has 0 N–H and O–H groups in total. The van der Waals surface area contributed by atoms with Gasteiger partial charge in [-0.2, -0.15) is 5.11 Å². The van der Waals surface area contributed by atoms with E-state index < -0.39 is 5.41 Å². The highest BCUT2D eigenvalue weighted by molar-refractivity contribution is 7.98. The highest BCUT2D eigenvalue weighted by atomic mass is 35.5. The number of halogens is 4. The van der Waals surface area contributed by atoms with Gasteiger partial charge >= 0.3 is 0 Å². The third kappa shape index (κ3) is 5.32. The lowest BCUT2D eigenvalue weighted by Crippen LogP contribution is -2.23. The van der Waals surface area contributed by atoms with Gasteiger partial charge in [0.15, 0.2) is 5.16 Å². The summed E-state index contributed by atoms with van der Waals surface area (Å²) in [6.07, 6.45) is 1.86. The quantitative estimate of drug-likeness (QED) is 0.208. The van der Waals surface area contributed by atoms with E-state index in [1.54, 1.807) is 30.0 Å². The van der Waals surface area contributed by atoms with Crippen molar-refractivity contribution in [2.24, 2.45) is 15.4 Å². The molecule has 0 fully saturated rings. The Hall–Kier alpha value is -2.71. The van der Waals surface area contributed by atoms with Gasteiger partial charge < -0.3 is 0 Å². The fraction of sp³-hybridized carbons (Fsp3) is 0.185. The van der Waals surface area contributed by atoms with E-state index >= 15 is 0 Å². The van der Waals surface area contributed by atoms with E-state index in [2.05, 4.69) is 33.9 Å². The van der Waals surface area contributed by atoms with E-state index in [-0.39, 0.29) is 5.82 Å². The Kier molecular flexibility index (Phi) is 7.41. The Morgan fingerprint density at radius 3 is 2.41 bits per heavy atom. The Balaban J connectivity index is 1.49. The largest absolute Gasteiger partial charge is 0.291 e. The van der Waals surface area contributed by atoms with E-state index in [4.69, 9.17) is 39.8 Å². The molecular weight excluding hydrogens is 552 g/mol. The van der Waals surface area contributed by atoms with Crippen molar-refractivity contribution in [2.45, 2.75) is 30.2 Å². The van der Waals surface area contributed by atoms with Crippen molar-refractivity contribution in [3.63, 3.8) is 0 Å². The van der Waals surface area contributed by atoms with Crippen molar-refractivity contribution >= 4 is 52.3 Å². The summed E-state index contributed by atoms with van der Waals surface area (Å²) in [7, 11) is 0. The van der Waals surface area contributed by atoms with Gasteiger partial charge in [0.1, 0.15) is 12.4 Å². The van der Waals surface area contributed by atoms with Gasteiger partial charge in [0.2, 0.25) is 0 Å². The third-order valence-corrected chi connectivity index (χ3v) is 8.33. The number of nitrogens with zero attached hydrogens (tertiary/aromatic N) is 5. The minimum absolute atomic E-state index is 0.300. The standard InChI is InChI=1S/C27H21Cl3FN5S/c1-27(2,17-4-10-21(28)23(30)12-17)25-14-32-26(36(25)19-7-5-18(31)6-8-19)37-15-16-3-9-20(22(29)11-16)24-13-33-35-34-24/h3-12,14H,13,15H2,1-2H3. The van der Waals surface area contributed by atoms with Crippen molar-refractivity contribution in [1.29, 1.82) is 0 Å². The first-order chi connectivity index (χ1) is 17.7. The summed E-state index contributed by atoms with van der Waals surface area (Å²) >= 11 is 20.6. The van der Waals surface area contributed by atoms with Crippen LogP contribution >= 0.6 is 46.6 Å². The molecule has 1 aromatic heterocycles. The molecule has 0 saturated carbocycles. The molecule has 4 aromatic rings. The minimum atomic E-state index is -0.475. The second kappa shape index (κ2) is 10.6. The molecule has 0 radical (unpaired) electrons. The second-order valence-electron chi connectivity index (χ2n) is 9.03. The van der Waals surface area contributed by atoms with Gasteiger partial charge in [-0.25, -0.2) is 9.37 Å². The fourth-order valence-electron chi connectivity index (χ4n) is 4.14. The normalized spacial score (nSPS) is 13.3. The van der Waals surface area contributed by atoms with Crippen molar-refractivity contribution in [1.82, 2.24) is 9.55 Å². The average molecular weight is 573 g/mol. The number of imidazole rings is 1. The summed E-state index contributed by atoms with van der Waals surface area (Å²) in [6.45, 7) is 4.63. The molecule has 0 atom stereocenters. The molecule has 1 aliphatic heterocycles. The monoisotopic (exact) mass is 571 g/mol. The number of hydrogen-bond donors (Lipinski definition) is 0. The van der Waals surface area contributed by atoms with Crippen LogP contribution in [0.3, 0.4) is 0 Å². The summed E-state index contributed by atoms with van der Waals surface area (Å²) in [6, 6.07) is 17.9. The fourth-order valence-corrected chi connectivity index (χ4v) is 5.68. The van der Waals surface area contributed by atoms with Crippen molar-refractivity contribution < 1.29 is 4.39 Å². The highest BCUT2D eigenvalue weighted by Crippen LogP contribution is 2.38. The second-order valence-corrected chi connectivity index (χ2v) is 11.2. The molecule has 5 nitrogen and oxygen atoms in total. The molecule has 0 spiro atoms. The van der Waals surface area contributed by atoms with Crippen molar-refractivity contribution in [3.8, 4) is 5.69 Å². The zero-order chi connectivity index (χ0) is 26.2. The van der Waals surface area contributed by atoms with Crippen molar-refractivity contribution in [3.05, 3.63) is 110 Å². The first-order valence-electron chi connectivity index (χ1n) is 11.4. The maximum absolute atomic E-state index is 13.8. The van der Waals surface area contributed by atoms with Gasteiger partial charge in [0.05, 0.1) is 32.7 Å². The Morgan fingerprint density at radius 1 is 0.946 bits per heavy atom. The van der Waals surface area contributed by atoms with Crippen LogP contribution in [-0.2, 0) is 11.2 Å². The van der Waals surface area contributed by atoms with Crippen LogP contribution < -0.4 is 0 Å². The highest BCUT2D eigenvalue weighted by Gasteiger charge is 2.30. The van der Waals surface area contributed by atoms with Crippen LogP contribution in [0, 0.1) is 5.82 Å². The molecule has 10 heteroatoms. The molecule has 0 saturated heterocycles. The smallest absolute Gasteiger partial charge is 0.173 e. The molecule has 37 heavy (non-hydrogen) atoms. The lowest BCUT2D eigenvalue weighted by atomic mass is 9.81. The van der Waals surface area contributed by atoms with Crippen molar-refractivity contribution in [2.75, 3.05) is 6.54 Å². The predicted molar refractivity (Wildman–Crippen MR) is 149 cm³/mol. The minimum Gasteiger partial charge on any atom is -0.291 e. The maximum Gasteiger partial charge on any atom is 0.173 e. The number of benzene rings is 3. The summed E-state index contributed by atoms with van der Waals surface area (Å²) in [5.41, 5.74) is 4.87. The zero-order valence-corrected chi connectivity index (χ0v) is 23.0. The SMILES string of the molecule is CC(C)(c1ccc(Cl)c(Cl)c1)c1cnc(SCc2ccc(C3=NN=NC3)c(Cl)c2)n1-c1ccc(F)cc1. The topological polar surface area (TPSA) is 54.9 Å². The molecule has 0 amide bonds.